The van der Waals surface area contributed by atoms with Crippen molar-refractivity contribution in [3.8, 4) is 0 Å². The highest BCUT2D eigenvalue weighted by molar-refractivity contribution is 7.98. The monoisotopic (exact) mass is 275 g/mol. The Hall–Kier alpha value is -1.52. The smallest absolute Gasteiger partial charge is 0.248 e. The third kappa shape index (κ3) is 3.75. The molecule has 1 aromatic carbocycles. The van der Waals surface area contributed by atoms with Gasteiger partial charge in [0.1, 0.15) is 0 Å². The van der Waals surface area contributed by atoms with Crippen LogP contribution in [0.5, 0.6) is 0 Å². The van der Waals surface area contributed by atoms with Crippen LogP contribution < -0.4 is 5.32 Å². The molecule has 0 radical (unpaired) electrons. The van der Waals surface area contributed by atoms with E-state index in [9.17, 15) is 4.79 Å². The van der Waals surface area contributed by atoms with Crippen LogP contribution >= 0.6 is 23.1 Å². The fourth-order valence-corrected chi connectivity index (χ4v) is 2.43. The van der Waals surface area contributed by atoms with Crippen molar-refractivity contribution in [1.82, 2.24) is 0 Å². The topological polar surface area (TPSA) is 29.1 Å². The Labute approximate surface area is 115 Å². The number of hydrogen-bond donors (Lipinski definition) is 1. The molecular weight excluding hydrogens is 262 g/mol. The summed E-state index contributed by atoms with van der Waals surface area (Å²) in [5.74, 6) is -0.111. The van der Waals surface area contributed by atoms with Gasteiger partial charge in [-0.05, 0) is 48.0 Å². The van der Waals surface area contributed by atoms with Gasteiger partial charge < -0.3 is 5.32 Å². The van der Waals surface area contributed by atoms with Gasteiger partial charge in [-0.3, -0.25) is 4.79 Å². The molecule has 0 bridgehead atoms. The van der Waals surface area contributed by atoms with Gasteiger partial charge in [-0.25, -0.2) is 0 Å². The Kier molecular flexibility index (Phi) is 4.61. The van der Waals surface area contributed by atoms with Gasteiger partial charge in [0.2, 0.25) is 5.91 Å². The first-order valence-corrected chi connectivity index (χ1v) is 7.55. The minimum Gasteiger partial charge on any atom is -0.323 e. The second kappa shape index (κ2) is 6.42. The van der Waals surface area contributed by atoms with E-state index in [1.165, 1.54) is 4.90 Å². The second-order valence-corrected chi connectivity index (χ2v) is 5.43. The molecule has 0 aliphatic rings. The lowest BCUT2D eigenvalue weighted by molar-refractivity contribution is -0.111. The van der Waals surface area contributed by atoms with E-state index in [2.05, 4.69) is 5.32 Å². The van der Waals surface area contributed by atoms with E-state index in [0.717, 1.165) is 10.6 Å². The zero-order valence-corrected chi connectivity index (χ0v) is 11.6. The molecule has 2 rings (SSSR count). The average Bonchev–Trinajstić information content (AvgIpc) is 2.90. The largest absolute Gasteiger partial charge is 0.323 e. The van der Waals surface area contributed by atoms with E-state index in [0.29, 0.717) is 0 Å². The number of hydrogen-bond acceptors (Lipinski definition) is 3. The molecule has 0 spiro atoms. The standard InChI is InChI=1S/C14H13NOS2/c1-17-12-6-4-11(5-7-12)15-14(16)9-8-13-3-2-10-18-13/h2-10H,1H3,(H,15,16)/b9-8+. The van der Waals surface area contributed by atoms with Gasteiger partial charge in [0.15, 0.2) is 0 Å². The predicted molar refractivity (Wildman–Crippen MR) is 80.2 cm³/mol. The minimum atomic E-state index is -0.111. The Balaban J connectivity index is 1.94. The summed E-state index contributed by atoms with van der Waals surface area (Å²) in [6.07, 6.45) is 5.39. The SMILES string of the molecule is CSc1ccc(NC(=O)/C=C/c2cccs2)cc1. The van der Waals surface area contributed by atoms with Gasteiger partial charge >= 0.3 is 0 Å². The van der Waals surface area contributed by atoms with Crippen LogP contribution in [0.1, 0.15) is 4.88 Å². The molecule has 0 saturated carbocycles. The Bertz CT molecular complexity index is 529. The first kappa shape index (κ1) is 12.9. The summed E-state index contributed by atoms with van der Waals surface area (Å²) >= 11 is 3.29. The van der Waals surface area contributed by atoms with Crippen molar-refractivity contribution in [2.24, 2.45) is 0 Å². The zero-order valence-electron chi connectivity index (χ0n) is 9.92. The molecular formula is C14H13NOS2. The molecule has 18 heavy (non-hydrogen) atoms. The van der Waals surface area contributed by atoms with E-state index in [1.807, 2.05) is 54.1 Å². The van der Waals surface area contributed by atoms with Crippen molar-refractivity contribution in [2.45, 2.75) is 4.90 Å². The number of anilines is 1. The molecule has 2 aromatic rings. The lowest BCUT2D eigenvalue weighted by atomic mass is 10.3. The van der Waals surface area contributed by atoms with E-state index < -0.39 is 0 Å². The Morgan fingerprint density at radius 3 is 2.67 bits per heavy atom. The minimum absolute atomic E-state index is 0.111. The van der Waals surface area contributed by atoms with Crippen molar-refractivity contribution < 1.29 is 4.79 Å². The molecule has 1 heterocycles. The van der Waals surface area contributed by atoms with Crippen molar-refractivity contribution in [1.29, 1.82) is 0 Å². The molecule has 0 fully saturated rings. The highest BCUT2D eigenvalue weighted by Gasteiger charge is 1.98. The first-order chi connectivity index (χ1) is 8.78. The van der Waals surface area contributed by atoms with E-state index in [-0.39, 0.29) is 5.91 Å². The van der Waals surface area contributed by atoms with Gasteiger partial charge in [-0.2, -0.15) is 0 Å². The van der Waals surface area contributed by atoms with Crippen LogP contribution in [0, 0.1) is 0 Å². The van der Waals surface area contributed by atoms with Crippen LogP contribution in [0.3, 0.4) is 0 Å². The molecule has 1 N–H and O–H groups in total. The van der Waals surface area contributed by atoms with Crippen molar-refractivity contribution in [2.75, 3.05) is 11.6 Å². The summed E-state index contributed by atoms with van der Waals surface area (Å²) < 4.78 is 0. The summed E-state index contributed by atoms with van der Waals surface area (Å²) in [6.45, 7) is 0. The molecule has 4 heteroatoms. The van der Waals surface area contributed by atoms with Crippen molar-refractivity contribution >= 4 is 40.8 Å². The maximum absolute atomic E-state index is 11.7. The molecule has 0 aliphatic carbocycles. The van der Waals surface area contributed by atoms with Crippen LogP contribution in [-0.4, -0.2) is 12.2 Å². The molecule has 2 nitrogen and oxygen atoms in total. The van der Waals surface area contributed by atoms with Gasteiger partial charge in [-0.15, -0.1) is 23.1 Å². The van der Waals surface area contributed by atoms with Gasteiger partial charge in [0.05, 0.1) is 0 Å². The molecule has 0 saturated heterocycles. The van der Waals surface area contributed by atoms with Crippen molar-refractivity contribution in [3.63, 3.8) is 0 Å². The van der Waals surface area contributed by atoms with E-state index in [4.69, 9.17) is 0 Å². The highest BCUT2D eigenvalue weighted by Crippen LogP contribution is 2.17. The Morgan fingerprint density at radius 2 is 2.06 bits per heavy atom. The number of benzene rings is 1. The predicted octanol–water partition coefficient (Wildman–Crippen LogP) is 4.12. The first-order valence-electron chi connectivity index (χ1n) is 5.44. The molecule has 0 unspecified atom stereocenters. The molecule has 0 aliphatic heterocycles. The van der Waals surface area contributed by atoms with E-state index in [1.54, 1.807) is 29.2 Å². The summed E-state index contributed by atoms with van der Waals surface area (Å²) in [7, 11) is 0. The van der Waals surface area contributed by atoms with E-state index >= 15 is 0 Å². The van der Waals surface area contributed by atoms with Crippen molar-refractivity contribution in [3.05, 3.63) is 52.7 Å². The highest BCUT2D eigenvalue weighted by atomic mass is 32.2. The third-order valence-corrected chi connectivity index (χ3v) is 3.88. The van der Waals surface area contributed by atoms with Gasteiger partial charge in [0.25, 0.3) is 0 Å². The number of thiophene rings is 1. The van der Waals surface area contributed by atoms with Crippen LogP contribution in [-0.2, 0) is 4.79 Å². The Morgan fingerprint density at radius 1 is 1.28 bits per heavy atom. The fraction of sp³-hybridized carbons (Fsp3) is 0.0714. The summed E-state index contributed by atoms with van der Waals surface area (Å²) in [6, 6.07) is 11.7. The number of thioether (sulfide) groups is 1. The number of nitrogens with one attached hydrogen (secondary N) is 1. The van der Waals surface area contributed by atoms with Crippen LogP contribution in [0.15, 0.2) is 52.7 Å². The lowest BCUT2D eigenvalue weighted by Gasteiger charge is -2.02. The average molecular weight is 275 g/mol. The molecule has 92 valence electrons. The number of carbonyl (C=O) groups is 1. The summed E-state index contributed by atoms with van der Waals surface area (Å²) in [5, 5.41) is 4.81. The molecule has 0 atom stereocenters. The number of amides is 1. The number of carbonyl (C=O) groups excluding carboxylic acids is 1. The van der Waals surface area contributed by atoms with Gasteiger partial charge in [0, 0.05) is 21.5 Å². The summed E-state index contributed by atoms with van der Waals surface area (Å²) in [4.78, 5) is 13.9. The second-order valence-electron chi connectivity index (χ2n) is 3.57. The maximum atomic E-state index is 11.7. The normalized spacial score (nSPS) is 10.7. The van der Waals surface area contributed by atoms with Gasteiger partial charge in [-0.1, -0.05) is 6.07 Å². The molecule has 1 amide bonds. The lowest BCUT2D eigenvalue weighted by Crippen LogP contribution is -2.07. The van der Waals surface area contributed by atoms with Crippen LogP contribution in [0.2, 0.25) is 0 Å². The number of rotatable bonds is 4. The quantitative estimate of drug-likeness (QED) is 0.671. The van der Waals surface area contributed by atoms with Crippen LogP contribution in [0.4, 0.5) is 5.69 Å². The molecule has 1 aromatic heterocycles. The zero-order chi connectivity index (χ0) is 12.8. The van der Waals surface area contributed by atoms with Crippen LogP contribution in [0.25, 0.3) is 6.08 Å². The fourth-order valence-electron chi connectivity index (χ4n) is 1.40. The maximum Gasteiger partial charge on any atom is 0.248 e. The third-order valence-electron chi connectivity index (χ3n) is 2.30. The summed E-state index contributed by atoms with van der Waals surface area (Å²) in [5.41, 5.74) is 0.814.